The molecule has 0 radical (unpaired) electrons. The number of hydrogen-bond donors (Lipinski definition) is 2. The first kappa shape index (κ1) is 19.9. The Morgan fingerprint density at radius 3 is 2.57 bits per heavy atom. The van der Waals surface area contributed by atoms with E-state index in [-0.39, 0.29) is 12.3 Å². The van der Waals surface area contributed by atoms with Crippen LogP contribution in [0.1, 0.15) is 11.3 Å². The molecule has 28 heavy (non-hydrogen) atoms. The van der Waals surface area contributed by atoms with Gasteiger partial charge in [-0.15, -0.1) is 0 Å². The lowest BCUT2D eigenvalue weighted by Gasteiger charge is -2.10. The van der Waals surface area contributed by atoms with Gasteiger partial charge in [-0.05, 0) is 48.9 Å². The van der Waals surface area contributed by atoms with E-state index in [1.54, 1.807) is 49.4 Å². The van der Waals surface area contributed by atoms with Crippen LogP contribution in [0.15, 0.2) is 53.1 Å². The van der Waals surface area contributed by atoms with E-state index in [4.69, 9.17) is 16.0 Å². The summed E-state index contributed by atoms with van der Waals surface area (Å²) in [6, 6.07) is 12.0. The largest absolute Gasteiger partial charge is 0.444 e. The normalized spacial score (nSPS) is 11.2. The molecule has 0 aliphatic rings. The lowest BCUT2D eigenvalue weighted by Crippen LogP contribution is -2.15. The standard InChI is InChI=1S/C19H18ClN3O4S/c1-12-3-8-15(9-17(12)23-28(2,25)26)21-18(24)10-16-11-27-19(22-16)13-4-6-14(20)7-5-13/h3-9,11,23H,10H2,1-2H3,(H,21,24). The van der Waals surface area contributed by atoms with Gasteiger partial charge in [-0.1, -0.05) is 17.7 Å². The van der Waals surface area contributed by atoms with Gasteiger partial charge in [0.2, 0.25) is 21.8 Å². The highest BCUT2D eigenvalue weighted by Gasteiger charge is 2.12. The molecule has 0 saturated heterocycles. The van der Waals surface area contributed by atoms with Crippen LogP contribution in [0.4, 0.5) is 11.4 Å². The third-order valence-electron chi connectivity index (χ3n) is 3.80. The SMILES string of the molecule is Cc1ccc(NC(=O)Cc2coc(-c3ccc(Cl)cc3)n2)cc1NS(C)(=O)=O. The highest BCUT2D eigenvalue weighted by Crippen LogP contribution is 2.23. The molecule has 2 N–H and O–H groups in total. The molecule has 3 aromatic rings. The number of amides is 1. The number of nitrogens with zero attached hydrogens (tertiary/aromatic N) is 1. The summed E-state index contributed by atoms with van der Waals surface area (Å²) in [4.78, 5) is 16.6. The van der Waals surface area contributed by atoms with Crippen LogP contribution >= 0.6 is 11.6 Å². The Morgan fingerprint density at radius 2 is 1.89 bits per heavy atom. The van der Waals surface area contributed by atoms with Crippen molar-refractivity contribution in [2.45, 2.75) is 13.3 Å². The monoisotopic (exact) mass is 419 g/mol. The number of aryl methyl sites for hydroxylation is 1. The second-order valence-corrected chi connectivity index (χ2v) is 8.46. The van der Waals surface area contributed by atoms with Crippen molar-refractivity contribution >= 4 is 38.9 Å². The molecule has 7 nitrogen and oxygen atoms in total. The van der Waals surface area contributed by atoms with Crippen LogP contribution in [0.5, 0.6) is 0 Å². The molecule has 0 aliphatic heterocycles. The Balaban J connectivity index is 1.68. The van der Waals surface area contributed by atoms with Gasteiger partial charge in [-0.2, -0.15) is 0 Å². The molecule has 0 fully saturated rings. The van der Waals surface area contributed by atoms with Gasteiger partial charge in [0.1, 0.15) is 6.26 Å². The van der Waals surface area contributed by atoms with Gasteiger partial charge in [0.15, 0.2) is 0 Å². The molecule has 3 rings (SSSR count). The number of halogens is 1. The van der Waals surface area contributed by atoms with E-state index in [0.717, 1.165) is 17.4 Å². The number of benzene rings is 2. The van der Waals surface area contributed by atoms with Crippen molar-refractivity contribution in [1.29, 1.82) is 0 Å². The molecule has 2 aromatic carbocycles. The molecule has 0 unspecified atom stereocenters. The van der Waals surface area contributed by atoms with Crippen molar-refractivity contribution in [2.75, 3.05) is 16.3 Å². The second-order valence-electron chi connectivity index (χ2n) is 6.28. The van der Waals surface area contributed by atoms with E-state index < -0.39 is 10.0 Å². The third kappa shape index (κ3) is 5.34. The highest BCUT2D eigenvalue weighted by atomic mass is 35.5. The van der Waals surface area contributed by atoms with E-state index in [1.165, 1.54) is 6.26 Å². The molecule has 0 atom stereocenters. The summed E-state index contributed by atoms with van der Waals surface area (Å²) in [7, 11) is -3.41. The van der Waals surface area contributed by atoms with Crippen LogP contribution in [0.3, 0.4) is 0 Å². The minimum Gasteiger partial charge on any atom is -0.444 e. The molecule has 9 heteroatoms. The van der Waals surface area contributed by atoms with Gasteiger partial charge in [0.05, 0.1) is 24.1 Å². The number of sulfonamides is 1. The predicted molar refractivity (Wildman–Crippen MR) is 109 cm³/mol. The van der Waals surface area contributed by atoms with Crippen LogP contribution < -0.4 is 10.0 Å². The van der Waals surface area contributed by atoms with Crippen LogP contribution in [0.2, 0.25) is 5.02 Å². The van der Waals surface area contributed by atoms with E-state index >= 15 is 0 Å². The smallest absolute Gasteiger partial charge is 0.230 e. The number of carbonyl (C=O) groups is 1. The maximum atomic E-state index is 12.3. The van der Waals surface area contributed by atoms with Gasteiger partial charge >= 0.3 is 0 Å². The van der Waals surface area contributed by atoms with Crippen molar-refractivity contribution in [3.05, 3.63) is 65.0 Å². The summed E-state index contributed by atoms with van der Waals surface area (Å²) in [6.07, 6.45) is 2.51. The van der Waals surface area contributed by atoms with Crippen molar-refractivity contribution < 1.29 is 17.6 Å². The van der Waals surface area contributed by atoms with Gasteiger partial charge in [-0.25, -0.2) is 13.4 Å². The van der Waals surface area contributed by atoms with Crippen molar-refractivity contribution in [2.24, 2.45) is 0 Å². The lowest BCUT2D eigenvalue weighted by molar-refractivity contribution is -0.115. The lowest BCUT2D eigenvalue weighted by atomic mass is 10.2. The van der Waals surface area contributed by atoms with E-state index in [1.807, 2.05) is 0 Å². The fourth-order valence-electron chi connectivity index (χ4n) is 2.49. The maximum Gasteiger partial charge on any atom is 0.230 e. The topological polar surface area (TPSA) is 101 Å². The Kier molecular flexibility index (Phi) is 5.71. The average Bonchev–Trinajstić information content (AvgIpc) is 3.05. The fourth-order valence-corrected chi connectivity index (χ4v) is 3.24. The quantitative estimate of drug-likeness (QED) is 0.631. The van der Waals surface area contributed by atoms with Gasteiger partial charge in [0.25, 0.3) is 0 Å². The third-order valence-corrected chi connectivity index (χ3v) is 4.64. The highest BCUT2D eigenvalue weighted by molar-refractivity contribution is 7.92. The zero-order valence-corrected chi connectivity index (χ0v) is 16.8. The fraction of sp³-hybridized carbons (Fsp3) is 0.158. The summed E-state index contributed by atoms with van der Waals surface area (Å²) in [6.45, 7) is 1.77. The molecule has 0 saturated carbocycles. The summed E-state index contributed by atoms with van der Waals surface area (Å²) in [5.74, 6) is 0.0968. The van der Waals surface area contributed by atoms with Gasteiger partial charge < -0.3 is 9.73 Å². The predicted octanol–water partition coefficient (Wildman–Crippen LogP) is 3.86. The number of nitrogens with one attached hydrogen (secondary N) is 2. The zero-order chi connectivity index (χ0) is 20.3. The van der Waals surface area contributed by atoms with Crippen molar-refractivity contribution in [3.63, 3.8) is 0 Å². The molecule has 0 aliphatic carbocycles. The first-order valence-corrected chi connectivity index (χ1v) is 10.6. The first-order valence-electron chi connectivity index (χ1n) is 8.28. The molecule has 0 spiro atoms. The first-order chi connectivity index (χ1) is 13.2. The second kappa shape index (κ2) is 8.04. The molecule has 1 amide bonds. The Morgan fingerprint density at radius 1 is 1.18 bits per heavy atom. The molecule has 1 aromatic heterocycles. The summed E-state index contributed by atoms with van der Waals surface area (Å²) in [5.41, 5.74) is 2.86. The van der Waals surface area contributed by atoms with Crippen LogP contribution in [-0.2, 0) is 21.2 Å². The summed E-state index contributed by atoms with van der Waals surface area (Å²) in [5, 5.41) is 3.34. The van der Waals surface area contributed by atoms with Crippen molar-refractivity contribution in [1.82, 2.24) is 4.98 Å². The number of oxazole rings is 1. The van der Waals surface area contributed by atoms with Crippen molar-refractivity contribution in [3.8, 4) is 11.5 Å². The zero-order valence-electron chi connectivity index (χ0n) is 15.2. The molecular formula is C19H18ClN3O4S. The van der Waals surface area contributed by atoms with Gasteiger partial charge in [0, 0.05) is 16.3 Å². The molecule has 0 bridgehead atoms. The van der Waals surface area contributed by atoms with Crippen LogP contribution in [-0.4, -0.2) is 25.6 Å². The summed E-state index contributed by atoms with van der Waals surface area (Å²) >= 11 is 5.86. The maximum absolute atomic E-state index is 12.3. The van der Waals surface area contributed by atoms with Crippen LogP contribution in [0, 0.1) is 6.92 Å². The number of hydrogen-bond acceptors (Lipinski definition) is 5. The molecule has 146 valence electrons. The minimum absolute atomic E-state index is 0.0137. The number of anilines is 2. The number of aromatic nitrogens is 1. The molecular weight excluding hydrogens is 402 g/mol. The Bertz CT molecular complexity index is 1110. The summed E-state index contributed by atoms with van der Waals surface area (Å²) < 4.78 is 30.7. The van der Waals surface area contributed by atoms with E-state index in [0.29, 0.717) is 28.0 Å². The minimum atomic E-state index is -3.41. The van der Waals surface area contributed by atoms with E-state index in [9.17, 15) is 13.2 Å². The van der Waals surface area contributed by atoms with Gasteiger partial charge in [-0.3, -0.25) is 9.52 Å². The average molecular weight is 420 g/mol. The number of carbonyl (C=O) groups excluding carboxylic acids is 1. The van der Waals surface area contributed by atoms with Crippen LogP contribution in [0.25, 0.3) is 11.5 Å². The molecule has 1 heterocycles. The Labute approximate surface area is 167 Å². The Hall–Kier alpha value is -2.84. The number of rotatable bonds is 6. The van der Waals surface area contributed by atoms with E-state index in [2.05, 4.69) is 15.0 Å².